The molecule has 10 aromatic carbocycles. The Kier molecular flexibility index (Phi) is 8.67. The van der Waals surface area contributed by atoms with Crippen molar-refractivity contribution in [2.45, 2.75) is 17.8 Å². The minimum atomic E-state index is -0.546. The Labute approximate surface area is 411 Å². The molecule has 0 amide bonds. The van der Waals surface area contributed by atoms with Gasteiger partial charge >= 0.3 is 0 Å². The van der Waals surface area contributed by atoms with Crippen LogP contribution in [0.25, 0.3) is 71.7 Å². The van der Waals surface area contributed by atoms with E-state index in [9.17, 15) is 0 Å². The van der Waals surface area contributed by atoms with Crippen molar-refractivity contribution in [3.63, 3.8) is 0 Å². The van der Waals surface area contributed by atoms with Crippen molar-refractivity contribution in [3.8, 4) is 33.7 Å². The lowest BCUT2D eigenvalue weighted by atomic mass is 9.67. The third-order valence-corrected chi connectivity index (χ3v) is 15.4. The van der Waals surface area contributed by atoms with Gasteiger partial charge in [0.15, 0.2) is 5.75 Å². The van der Waals surface area contributed by atoms with E-state index in [1.165, 1.54) is 55.4 Å². The first-order chi connectivity index (χ1) is 35.2. The molecular formula is C67H44N2O2. The van der Waals surface area contributed by atoms with E-state index in [4.69, 9.17) is 9.15 Å². The second-order valence-corrected chi connectivity index (χ2v) is 19.1. The number of ether oxygens (including phenoxy) is 1. The second-order valence-electron chi connectivity index (χ2n) is 19.1. The molecule has 71 heavy (non-hydrogen) atoms. The molecule has 0 spiro atoms. The molecule has 3 aliphatic rings. The standard InChI is InChI=1S/C67H44N2O2/c1-4-19-43(20-5-1)44-21-18-26-47(39-44)68(49-35-37-51-50-27-10-14-31-57(50)67(58(51)41-49,45-22-6-2-7-23-45)46-24-8-3-9-25-46)48-36-38-62-55(40-48)56-42-63-64(54-30-13-17-34-61(54)70-63)65(66(56)71-62)69-59-32-15-11-28-52(59)53-29-12-16-33-60(53)69/h1-39,41-42,55H,40H2. The fourth-order valence-corrected chi connectivity index (χ4v) is 12.4. The summed E-state index contributed by atoms with van der Waals surface area (Å²) >= 11 is 0. The highest BCUT2D eigenvalue weighted by atomic mass is 16.5. The quantitative estimate of drug-likeness (QED) is 0.160. The molecule has 334 valence electrons. The van der Waals surface area contributed by atoms with Gasteiger partial charge in [0.2, 0.25) is 0 Å². The number of hydrogen-bond acceptors (Lipinski definition) is 3. The van der Waals surface area contributed by atoms with E-state index in [0.29, 0.717) is 6.42 Å². The zero-order valence-corrected chi connectivity index (χ0v) is 38.7. The van der Waals surface area contributed by atoms with Crippen molar-refractivity contribution in [1.82, 2.24) is 4.57 Å². The lowest BCUT2D eigenvalue weighted by molar-refractivity contribution is 0.422. The molecule has 0 radical (unpaired) electrons. The van der Waals surface area contributed by atoms with Crippen molar-refractivity contribution in [2.75, 3.05) is 4.90 Å². The smallest absolute Gasteiger partial charge is 0.155 e. The van der Waals surface area contributed by atoms with Crippen LogP contribution < -0.4 is 9.64 Å². The Bertz CT molecular complexity index is 4090. The molecule has 2 aliphatic carbocycles. The number of anilines is 2. The highest BCUT2D eigenvalue weighted by Crippen LogP contribution is 2.59. The van der Waals surface area contributed by atoms with Crippen LogP contribution in [0.15, 0.2) is 265 Å². The average Bonchev–Trinajstić information content (AvgIpc) is 4.18. The number of hydrogen-bond donors (Lipinski definition) is 0. The summed E-state index contributed by atoms with van der Waals surface area (Å²) in [5.41, 5.74) is 18.8. The molecule has 3 heterocycles. The van der Waals surface area contributed by atoms with E-state index in [2.05, 4.69) is 258 Å². The number of para-hydroxylation sites is 3. The van der Waals surface area contributed by atoms with Crippen LogP contribution in [-0.2, 0) is 5.41 Å². The Hall–Kier alpha value is -9.12. The Morgan fingerprint density at radius 1 is 0.465 bits per heavy atom. The molecule has 0 N–H and O–H groups in total. The van der Waals surface area contributed by atoms with E-state index in [1.54, 1.807) is 0 Å². The zero-order chi connectivity index (χ0) is 46.6. The fraction of sp³-hybridized carbons (Fsp3) is 0.0448. The first kappa shape index (κ1) is 39.8. The molecule has 0 fully saturated rings. The van der Waals surface area contributed by atoms with Gasteiger partial charge in [0, 0.05) is 45.2 Å². The van der Waals surface area contributed by atoms with Gasteiger partial charge in [0.25, 0.3) is 0 Å². The largest absolute Gasteiger partial charge is 0.459 e. The maximum absolute atomic E-state index is 7.26. The van der Waals surface area contributed by atoms with Gasteiger partial charge in [-0.05, 0) is 105 Å². The van der Waals surface area contributed by atoms with Crippen molar-refractivity contribution < 1.29 is 9.15 Å². The van der Waals surface area contributed by atoms with E-state index >= 15 is 0 Å². The molecule has 4 heteroatoms. The van der Waals surface area contributed by atoms with Gasteiger partial charge in [-0.25, -0.2) is 0 Å². The Balaban J connectivity index is 0.941. The summed E-state index contributed by atoms with van der Waals surface area (Å²) in [5, 5.41) is 4.53. The molecule has 12 aromatic rings. The molecule has 1 unspecified atom stereocenters. The van der Waals surface area contributed by atoms with Crippen LogP contribution in [0.4, 0.5) is 11.4 Å². The topological polar surface area (TPSA) is 30.5 Å². The Morgan fingerprint density at radius 3 is 1.82 bits per heavy atom. The predicted molar refractivity (Wildman–Crippen MR) is 290 cm³/mol. The maximum Gasteiger partial charge on any atom is 0.155 e. The van der Waals surface area contributed by atoms with Crippen molar-refractivity contribution in [1.29, 1.82) is 0 Å². The van der Waals surface area contributed by atoms with Crippen LogP contribution in [0.3, 0.4) is 0 Å². The van der Waals surface area contributed by atoms with Crippen molar-refractivity contribution in [2.24, 2.45) is 0 Å². The van der Waals surface area contributed by atoms with E-state index in [0.717, 1.165) is 72.7 Å². The highest BCUT2D eigenvalue weighted by molar-refractivity contribution is 6.16. The lowest BCUT2D eigenvalue weighted by Crippen LogP contribution is -2.29. The third-order valence-electron chi connectivity index (χ3n) is 15.4. The number of rotatable bonds is 7. The van der Waals surface area contributed by atoms with Crippen molar-refractivity contribution in [3.05, 3.63) is 288 Å². The van der Waals surface area contributed by atoms with Crippen LogP contribution >= 0.6 is 0 Å². The molecule has 2 aromatic heterocycles. The summed E-state index contributed by atoms with van der Waals surface area (Å²) < 4.78 is 16.5. The highest BCUT2D eigenvalue weighted by Gasteiger charge is 2.47. The number of aromatic nitrogens is 1. The van der Waals surface area contributed by atoms with Gasteiger partial charge in [-0.15, -0.1) is 0 Å². The van der Waals surface area contributed by atoms with Crippen LogP contribution in [0.2, 0.25) is 0 Å². The van der Waals surface area contributed by atoms with Gasteiger partial charge in [-0.1, -0.05) is 188 Å². The van der Waals surface area contributed by atoms with Gasteiger partial charge in [0.1, 0.15) is 22.6 Å². The van der Waals surface area contributed by atoms with Gasteiger partial charge in [-0.3, -0.25) is 0 Å². The monoisotopic (exact) mass is 908 g/mol. The molecule has 1 aliphatic heterocycles. The number of fused-ring (bicyclic) bond motifs is 12. The number of nitrogens with zero attached hydrogens (tertiary/aromatic N) is 2. The van der Waals surface area contributed by atoms with Gasteiger partial charge in [0.05, 0.1) is 27.8 Å². The summed E-state index contributed by atoms with van der Waals surface area (Å²) in [6.45, 7) is 0. The SMILES string of the molecule is C1=C2Oc3c(cc4oc5ccccc5c4c3-n3c4ccccc4c4ccccc43)C2CC(N(c2cccc(-c3ccccc3)c2)c2ccc3c(c2)C(c2ccccc2)(c2ccccc2)c2ccccc2-3)=C1. The van der Waals surface area contributed by atoms with Crippen LogP contribution in [0.5, 0.6) is 5.75 Å². The van der Waals surface area contributed by atoms with Crippen LogP contribution in [0, 0.1) is 0 Å². The van der Waals surface area contributed by atoms with Gasteiger partial charge < -0.3 is 18.6 Å². The number of furan rings is 1. The zero-order valence-electron chi connectivity index (χ0n) is 38.7. The molecular weight excluding hydrogens is 865 g/mol. The normalized spacial score (nSPS) is 15.2. The molecule has 4 nitrogen and oxygen atoms in total. The summed E-state index contributed by atoms with van der Waals surface area (Å²) in [7, 11) is 0. The van der Waals surface area contributed by atoms with E-state index in [1.807, 2.05) is 0 Å². The third kappa shape index (κ3) is 5.79. The minimum Gasteiger partial charge on any atom is -0.459 e. The van der Waals surface area contributed by atoms with Crippen LogP contribution in [-0.4, -0.2) is 4.57 Å². The molecule has 15 rings (SSSR count). The molecule has 0 bridgehead atoms. The molecule has 0 saturated heterocycles. The van der Waals surface area contributed by atoms with Gasteiger partial charge in [-0.2, -0.15) is 0 Å². The number of benzene rings is 10. The molecule has 0 saturated carbocycles. The average molecular weight is 909 g/mol. The van der Waals surface area contributed by atoms with E-state index < -0.39 is 5.41 Å². The van der Waals surface area contributed by atoms with E-state index in [-0.39, 0.29) is 5.92 Å². The number of allylic oxidation sites excluding steroid dienone is 4. The summed E-state index contributed by atoms with van der Waals surface area (Å²) in [6, 6.07) is 86.1. The maximum atomic E-state index is 7.26. The first-order valence-electron chi connectivity index (χ1n) is 24.6. The predicted octanol–water partition coefficient (Wildman–Crippen LogP) is 17.2. The molecule has 1 atom stereocenters. The summed E-state index contributed by atoms with van der Waals surface area (Å²) in [6.07, 6.45) is 5.21. The second kappa shape index (κ2) is 15.4. The van der Waals surface area contributed by atoms with Crippen molar-refractivity contribution >= 4 is 55.1 Å². The summed E-state index contributed by atoms with van der Waals surface area (Å²) in [4.78, 5) is 2.50. The fourth-order valence-electron chi connectivity index (χ4n) is 12.4. The Morgan fingerprint density at radius 2 is 1.07 bits per heavy atom. The first-order valence-corrected chi connectivity index (χ1v) is 24.6. The lowest BCUT2D eigenvalue weighted by Gasteiger charge is -2.35. The summed E-state index contributed by atoms with van der Waals surface area (Å²) in [5.74, 6) is 1.75. The minimum absolute atomic E-state index is 0.0688. The van der Waals surface area contributed by atoms with Crippen LogP contribution in [0.1, 0.15) is 40.2 Å².